The van der Waals surface area contributed by atoms with Crippen LogP contribution in [-0.4, -0.2) is 47.4 Å². The molecule has 0 radical (unpaired) electrons. The van der Waals surface area contributed by atoms with Crippen molar-refractivity contribution >= 4 is 23.7 Å². The van der Waals surface area contributed by atoms with Crippen molar-refractivity contribution in [2.75, 3.05) is 6.54 Å². The van der Waals surface area contributed by atoms with Crippen LogP contribution < -0.4 is 22.1 Å². The fourth-order valence-corrected chi connectivity index (χ4v) is 1.63. The molecule has 0 bridgehead atoms. The van der Waals surface area contributed by atoms with Gasteiger partial charge < -0.3 is 27.2 Å². The number of amides is 3. The summed E-state index contributed by atoms with van der Waals surface area (Å²) in [6.45, 7) is 3.25. The summed E-state index contributed by atoms with van der Waals surface area (Å²) in [5.74, 6) is -3.39. The third-order valence-corrected chi connectivity index (χ3v) is 2.56. The van der Waals surface area contributed by atoms with Gasteiger partial charge in [-0.05, 0) is 12.3 Å². The smallest absolute Gasteiger partial charge is 0.326 e. The average molecular weight is 302 g/mol. The molecule has 0 aromatic rings. The second kappa shape index (κ2) is 8.90. The van der Waals surface area contributed by atoms with Crippen molar-refractivity contribution in [3.05, 3.63) is 0 Å². The molecule has 0 aliphatic heterocycles. The lowest BCUT2D eigenvalue weighted by molar-refractivity contribution is -0.142. The summed E-state index contributed by atoms with van der Waals surface area (Å²) >= 11 is 0. The first kappa shape index (κ1) is 18.8. The molecule has 0 aliphatic carbocycles. The summed E-state index contributed by atoms with van der Waals surface area (Å²) < 4.78 is 0. The minimum absolute atomic E-state index is 0.0413. The maximum atomic E-state index is 12.0. The molecule has 0 aromatic heterocycles. The molecule has 9 nitrogen and oxygen atoms in total. The molecule has 0 saturated heterocycles. The second-order valence-electron chi connectivity index (χ2n) is 5.02. The van der Waals surface area contributed by atoms with E-state index in [1.807, 2.05) is 0 Å². The fraction of sp³-hybridized carbons (Fsp3) is 0.667. The molecular formula is C12H22N4O5. The van der Waals surface area contributed by atoms with Crippen molar-refractivity contribution in [1.82, 2.24) is 10.6 Å². The van der Waals surface area contributed by atoms with Crippen molar-refractivity contribution < 1.29 is 24.3 Å². The van der Waals surface area contributed by atoms with E-state index >= 15 is 0 Å². The minimum Gasteiger partial charge on any atom is -0.480 e. The highest BCUT2D eigenvalue weighted by molar-refractivity contribution is 5.93. The molecule has 3 amide bonds. The number of nitrogens with one attached hydrogen (secondary N) is 2. The van der Waals surface area contributed by atoms with Crippen molar-refractivity contribution in [2.45, 2.75) is 38.8 Å². The van der Waals surface area contributed by atoms with Crippen LogP contribution in [0, 0.1) is 5.92 Å². The molecule has 0 spiro atoms. The Hall–Kier alpha value is -2.16. The third kappa shape index (κ3) is 7.88. The van der Waals surface area contributed by atoms with Crippen LogP contribution in [0.1, 0.15) is 26.7 Å². The average Bonchev–Trinajstić information content (AvgIpc) is 2.35. The highest BCUT2D eigenvalue weighted by atomic mass is 16.4. The zero-order chi connectivity index (χ0) is 16.6. The Morgan fingerprint density at radius 1 is 1.10 bits per heavy atom. The zero-order valence-corrected chi connectivity index (χ0v) is 12.1. The molecule has 0 rings (SSSR count). The Kier molecular flexibility index (Phi) is 7.99. The topological polar surface area (TPSA) is 165 Å². The van der Waals surface area contributed by atoms with Gasteiger partial charge in [-0.1, -0.05) is 13.8 Å². The van der Waals surface area contributed by atoms with Gasteiger partial charge in [-0.15, -0.1) is 0 Å². The van der Waals surface area contributed by atoms with Gasteiger partial charge in [0, 0.05) is 0 Å². The van der Waals surface area contributed by atoms with Gasteiger partial charge in [0.05, 0.1) is 13.0 Å². The number of carbonyl (C=O) groups excluding carboxylic acids is 3. The van der Waals surface area contributed by atoms with Gasteiger partial charge in [0.1, 0.15) is 12.1 Å². The van der Waals surface area contributed by atoms with Gasteiger partial charge >= 0.3 is 5.97 Å². The Bertz CT molecular complexity index is 410. The van der Waals surface area contributed by atoms with Gasteiger partial charge in [-0.3, -0.25) is 14.4 Å². The third-order valence-electron chi connectivity index (χ3n) is 2.56. The van der Waals surface area contributed by atoms with Crippen molar-refractivity contribution in [1.29, 1.82) is 0 Å². The molecule has 2 atom stereocenters. The number of hydrogen-bond acceptors (Lipinski definition) is 5. The number of nitrogens with two attached hydrogens (primary N) is 2. The summed E-state index contributed by atoms with van der Waals surface area (Å²) in [4.78, 5) is 45.2. The Balaban J connectivity index is 4.87. The van der Waals surface area contributed by atoms with Gasteiger partial charge in [0.2, 0.25) is 17.7 Å². The Labute approximate surface area is 122 Å². The second-order valence-corrected chi connectivity index (χ2v) is 5.02. The number of rotatable bonds is 9. The van der Waals surface area contributed by atoms with Crippen LogP contribution in [0.15, 0.2) is 0 Å². The van der Waals surface area contributed by atoms with Crippen LogP contribution in [0.4, 0.5) is 0 Å². The monoisotopic (exact) mass is 302 g/mol. The molecule has 21 heavy (non-hydrogen) atoms. The number of primary amides is 1. The predicted molar refractivity (Wildman–Crippen MR) is 73.8 cm³/mol. The molecule has 7 N–H and O–H groups in total. The Morgan fingerprint density at radius 3 is 2.05 bits per heavy atom. The molecule has 120 valence electrons. The normalized spacial score (nSPS) is 13.3. The van der Waals surface area contributed by atoms with Crippen LogP contribution in [0.3, 0.4) is 0 Å². The van der Waals surface area contributed by atoms with E-state index in [0.717, 1.165) is 0 Å². The first-order valence-electron chi connectivity index (χ1n) is 6.48. The molecule has 9 heteroatoms. The lowest BCUT2D eigenvalue weighted by atomic mass is 10.0. The first-order chi connectivity index (χ1) is 9.67. The fourth-order valence-electron chi connectivity index (χ4n) is 1.63. The van der Waals surface area contributed by atoms with Crippen LogP contribution in [-0.2, 0) is 19.2 Å². The number of carbonyl (C=O) groups is 4. The molecular weight excluding hydrogens is 280 g/mol. The highest BCUT2D eigenvalue weighted by Crippen LogP contribution is 2.05. The summed E-state index contributed by atoms with van der Waals surface area (Å²) in [7, 11) is 0. The van der Waals surface area contributed by atoms with E-state index in [9.17, 15) is 19.2 Å². The van der Waals surface area contributed by atoms with Crippen molar-refractivity contribution in [2.24, 2.45) is 17.4 Å². The zero-order valence-electron chi connectivity index (χ0n) is 12.1. The van der Waals surface area contributed by atoms with Gasteiger partial charge in [0.15, 0.2) is 0 Å². The maximum Gasteiger partial charge on any atom is 0.326 e. The van der Waals surface area contributed by atoms with E-state index in [1.165, 1.54) is 0 Å². The minimum atomic E-state index is -1.24. The van der Waals surface area contributed by atoms with Crippen LogP contribution in [0.25, 0.3) is 0 Å². The molecule has 0 heterocycles. The summed E-state index contributed by atoms with van der Waals surface area (Å²) in [5, 5.41) is 13.6. The van der Waals surface area contributed by atoms with Crippen molar-refractivity contribution in [3.8, 4) is 0 Å². The number of aliphatic carboxylic acids is 1. The molecule has 0 aliphatic rings. The van der Waals surface area contributed by atoms with Gasteiger partial charge in [-0.25, -0.2) is 4.79 Å². The molecule has 0 fully saturated rings. The van der Waals surface area contributed by atoms with Crippen LogP contribution in [0.5, 0.6) is 0 Å². The first-order valence-corrected chi connectivity index (χ1v) is 6.48. The molecule has 0 aromatic carbocycles. The standard InChI is InChI=1S/C12H22N4O5/c1-6(2)3-8(12(20)21)16-11(19)7(4-9(14)17)15-10(18)5-13/h6-8H,3-5,13H2,1-2H3,(H2,14,17)(H,15,18)(H,16,19)(H,20,21). The predicted octanol–water partition coefficient (Wildman–Crippen LogP) is -2.08. The summed E-state index contributed by atoms with van der Waals surface area (Å²) in [6, 6.07) is -2.35. The number of hydrogen-bond donors (Lipinski definition) is 5. The largest absolute Gasteiger partial charge is 0.480 e. The molecule has 2 unspecified atom stereocenters. The van der Waals surface area contributed by atoms with Gasteiger partial charge in [0.25, 0.3) is 0 Å². The summed E-state index contributed by atoms with van der Waals surface area (Å²) in [5.41, 5.74) is 10.1. The van der Waals surface area contributed by atoms with E-state index in [4.69, 9.17) is 16.6 Å². The Morgan fingerprint density at radius 2 is 1.67 bits per heavy atom. The van der Waals surface area contributed by atoms with E-state index in [1.54, 1.807) is 13.8 Å². The van der Waals surface area contributed by atoms with E-state index < -0.39 is 42.2 Å². The van der Waals surface area contributed by atoms with Crippen molar-refractivity contribution in [3.63, 3.8) is 0 Å². The van der Waals surface area contributed by atoms with Gasteiger partial charge in [-0.2, -0.15) is 0 Å². The number of carboxylic acid groups (broad SMARTS) is 1. The van der Waals surface area contributed by atoms with E-state index in [0.29, 0.717) is 0 Å². The highest BCUT2D eigenvalue weighted by Gasteiger charge is 2.27. The van der Waals surface area contributed by atoms with Crippen LogP contribution >= 0.6 is 0 Å². The SMILES string of the molecule is CC(C)CC(NC(=O)C(CC(N)=O)NC(=O)CN)C(=O)O. The summed E-state index contributed by atoms with van der Waals surface area (Å²) in [6.07, 6.45) is -0.221. The molecule has 0 saturated carbocycles. The van der Waals surface area contributed by atoms with Crippen LogP contribution in [0.2, 0.25) is 0 Å². The quantitative estimate of drug-likeness (QED) is 0.328. The van der Waals surface area contributed by atoms with E-state index in [2.05, 4.69) is 10.6 Å². The number of carboxylic acids is 1. The maximum absolute atomic E-state index is 12.0. The van der Waals surface area contributed by atoms with E-state index in [-0.39, 0.29) is 18.9 Å². The lowest BCUT2D eigenvalue weighted by Crippen LogP contribution is -2.53. The lowest BCUT2D eigenvalue weighted by Gasteiger charge is -2.21.